The van der Waals surface area contributed by atoms with Crippen molar-refractivity contribution >= 4 is 33.7 Å². The molecule has 2 aromatic rings. The van der Waals surface area contributed by atoms with Crippen molar-refractivity contribution in [2.24, 2.45) is 0 Å². The molecule has 1 aromatic heterocycles. The van der Waals surface area contributed by atoms with Crippen molar-refractivity contribution in [3.8, 4) is 0 Å². The Hall–Kier alpha value is -2.41. The molecule has 138 valence electrons. The molecule has 0 spiro atoms. The first-order valence-electron chi connectivity index (χ1n) is 8.14. The van der Waals surface area contributed by atoms with Crippen molar-refractivity contribution in [1.82, 2.24) is 4.98 Å². The second-order valence-electron chi connectivity index (χ2n) is 5.61. The van der Waals surface area contributed by atoms with Gasteiger partial charge in [0, 0.05) is 21.3 Å². The number of hydrogen-bond donors (Lipinski definition) is 1. The summed E-state index contributed by atoms with van der Waals surface area (Å²) in [5.74, 6) is -1.15. The number of aromatic nitrogens is 1. The topological polar surface area (TPSA) is 85.5 Å². The fourth-order valence-corrected chi connectivity index (χ4v) is 3.06. The molecule has 0 saturated heterocycles. The Morgan fingerprint density at radius 1 is 1.23 bits per heavy atom. The molecule has 0 bridgehead atoms. The predicted octanol–water partition coefficient (Wildman–Crippen LogP) is 3.60. The molecule has 2 rings (SSSR count). The fourth-order valence-electron chi connectivity index (χ4n) is 2.66. The number of esters is 2. The third kappa shape index (κ3) is 4.40. The highest BCUT2D eigenvalue weighted by molar-refractivity contribution is 9.10. The van der Waals surface area contributed by atoms with Crippen molar-refractivity contribution in [1.29, 1.82) is 0 Å². The highest BCUT2D eigenvalue weighted by atomic mass is 79.9. The molecule has 0 radical (unpaired) electrons. The molecule has 1 heterocycles. The van der Waals surface area contributed by atoms with Crippen LogP contribution in [0.3, 0.4) is 0 Å². The number of H-pyrrole nitrogens is 1. The minimum absolute atomic E-state index is 0.0947. The van der Waals surface area contributed by atoms with E-state index in [1.165, 1.54) is 7.11 Å². The van der Waals surface area contributed by atoms with Crippen LogP contribution in [0.25, 0.3) is 0 Å². The number of carbonyl (C=O) groups excluding carboxylic acids is 3. The quantitative estimate of drug-likeness (QED) is 0.545. The maximum Gasteiger partial charge on any atom is 0.355 e. The summed E-state index contributed by atoms with van der Waals surface area (Å²) in [5, 5.41) is 0. The van der Waals surface area contributed by atoms with E-state index in [1.54, 1.807) is 32.0 Å². The molecule has 0 saturated carbocycles. The van der Waals surface area contributed by atoms with Gasteiger partial charge in [-0.2, -0.15) is 0 Å². The Morgan fingerprint density at radius 3 is 2.58 bits per heavy atom. The number of ketones is 1. The Labute approximate surface area is 160 Å². The van der Waals surface area contributed by atoms with Gasteiger partial charge in [0.05, 0.1) is 20.1 Å². The largest absolute Gasteiger partial charge is 0.469 e. The predicted molar refractivity (Wildman–Crippen MR) is 99.4 cm³/mol. The smallest absolute Gasteiger partial charge is 0.355 e. The van der Waals surface area contributed by atoms with Crippen LogP contribution >= 0.6 is 15.9 Å². The van der Waals surface area contributed by atoms with Crippen LogP contribution in [-0.2, 0) is 20.7 Å². The number of aryl methyl sites for hydroxylation is 1. The average molecular weight is 422 g/mol. The summed E-state index contributed by atoms with van der Waals surface area (Å²) in [4.78, 5) is 39.7. The summed E-state index contributed by atoms with van der Waals surface area (Å²) in [7, 11) is 1.31. The van der Waals surface area contributed by atoms with Crippen molar-refractivity contribution in [3.63, 3.8) is 0 Å². The van der Waals surface area contributed by atoms with E-state index in [9.17, 15) is 14.4 Å². The van der Waals surface area contributed by atoms with Crippen molar-refractivity contribution < 1.29 is 23.9 Å². The first-order chi connectivity index (χ1) is 12.4. The zero-order valence-electron chi connectivity index (χ0n) is 14.8. The molecule has 0 amide bonds. The second-order valence-corrected chi connectivity index (χ2v) is 6.53. The second kappa shape index (κ2) is 8.80. The lowest BCUT2D eigenvalue weighted by Gasteiger charge is -2.06. The Bertz CT molecular complexity index is 840. The van der Waals surface area contributed by atoms with Gasteiger partial charge in [-0.05, 0) is 38.0 Å². The van der Waals surface area contributed by atoms with E-state index in [0.29, 0.717) is 22.4 Å². The molecule has 0 aliphatic heterocycles. The zero-order chi connectivity index (χ0) is 19.3. The minimum atomic E-state index is -0.530. The van der Waals surface area contributed by atoms with Crippen molar-refractivity contribution in [3.05, 3.63) is 56.8 Å². The van der Waals surface area contributed by atoms with E-state index in [0.717, 1.165) is 4.47 Å². The third-order valence-corrected chi connectivity index (χ3v) is 4.42. The normalized spacial score (nSPS) is 10.5. The lowest BCUT2D eigenvalue weighted by Crippen LogP contribution is -2.08. The zero-order valence-corrected chi connectivity index (χ0v) is 16.4. The number of ether oxygens (including phenoxy) is 2. The molecule has 0 atom stereocenters. The number of halogens is 1. The summed E-state index contributed by atoms with van der Waals surface area (Å²) in [6.07, 6.45) is 0.347. The molecule has 0 aliphatic rings. The van der Waals surface area contributed by atoms with E-state index in [4.69, 9.17) is 4.74 Å². The molecule has 1 aromatic carbocycles. The standard InChI is InChI=1S/C19H20BrNO5/c1-4-26-19(24)17-11(2)16(14(21-17)8-9-15(22)25-3)18(23)12-6-5-7-13(20)10-12/h5-7,10,21H,4,8-9H2,1-3H3. The number of nitrogens with one attached hydrogen (secondary N) is 1. The highest BCUT2D eigenvalue weighted by Gasteiger charge is 2.25. The van der Waals surface area contributed by atoms with E-state index < -0.39 is 11.9 Å². The van der Waals surface area contributed by atoms with Crippen LogP contribution in [0.15, 0.2) is 28.7 Å². The number of carbonyl (C=O) groups is 3. The van der Waals surface area contributed by atoms with Crippen LogP contribution in [0.4, 0.5) is 0 Å². The first-order valence-corrected chi connectivity index (χ1v) is 8.94. The molecule has 7 heteroatoms. The molecule has 26 heavy (non-hydrogen) atoms. The average Bonchev–Trinajstić information content (AvgIpc) is 2.95. The summed E-state index contributed by atoms with van der Waals surface area (Å²) >= 11 is 3.35. The van der Waals surface area contributed by atoms with E-state index in [2.05, 4.69) is 25.7 Å². The summed E-state index contributed by atoms with van der Waals surface area (Å²) in [6, 6.07) is 7.00. The van der Waals surface area contributed by atoms with Gasteiger partial charge >= 0.3 is 11.9 Å². The van der Waals surface area contributed by atoms with Gasteiger partial charge in [0.15, 0.2) is 5.78 Å². The number of aromatic amines is 1. The van der Waals surface area contributed by atoms with Gasteiger partial charge in [-0.25, -0.2) is 4.79 Å². The van der Waals surface area contributed by atoms with Gasteiger partial charge in [-0.15, -0.1) is 0 Å². The van der Waals surface area contributed by atoms with Crippen LogP contribution in [0, 0.1) is 6.92 Å². The molecule has 0 aliphatic carbocycles. The number of hydrogen-bond acceptors (Lipinski definition) is 5. The maximum atomic E-state index is 13.0. The third-order valence-electron chi connectivity index (χ3n) is 3.93. The summed E-state index contributed by atoms with van der Waals surface area (Å²) < 4.78 is 10.5. The Balaban J connectivity index is 2.48. The van der Waals surface area contributed by atoms with Crippen LogP contribution in [-0.4, -0.2) is 36.4 Å². The van der Waals surface area contributed by atoms with Gasteiger partial charge in [0.2, 0.25) is 0 Å². The maximum absolute atomic E-state index is 13.0. The van der Waals surface area contributed by atoms with E-state index in [-0.39, 0.29) is 30.9 Å². The molecule has 6 nitrogen and oxygen atoms in total. The highest BCUT2D eigenvalue weighted by Crippen LogP contribution is 2.25. The van der Waals surface area contributed by atoms with Gasteiger partial charge in [0.25, 0.3) is 0 Å². The van der Waals surface area contributed by atoms with Gasteiger partial charge in [-0.1, -0.05) is 28.1 Å². The Kier molecular flexibility index (Phi) is 6.74. The summed E-state index contributed by atoms with van der Waals surface area (Å²) in [5.41, 5.74) is 2.12. The SMILES string of the molecule is CCOC(=O)c1[nH]c(CCC(=O)OC)c(C(=O)c2cccc(Br)c2)c1C. The first kappa shape index (κ1) is 19.9. The fraction of sp³-hybridized carbons (Fsp3) is 0.316. The number of methoxy groups -OCH3 is 1. The Morgan fingerprint density at radius 2 is 1.96 bits per heavy atom. The lowest BCUT2D eigenvalue weighted by molar-refractivity contribution is -0.140. The van der Waals surface area contributed by atoms with Gasteiger partial charge in [-0.3, -0.25) is 9.59 Å². The van der Waals surface area contributed by atoms with Crippen molar-refractivity contribution in [2.75, 3.05) is 13.7 Å². The monoisotopic (exact) mass is 421 g/mol. The molecule has 0 fully saturated rings. The van der Waals surface area contributed by atoms with Gasteiger partial charge in [0.1, 0.15) is 5.69 Å². The van der Waals surface area contributed by atoms with Crippen LogP contribution in [0.1, 0.15) is 51.0 Å². The molecular weight excluding hydrogens is 402 g/mol. The van der Waals surface area contributed by atoms with Gasteiger partial charge < -0.3 is 14.5 Å². The molecule has 0 unspecified atom stereocenters. The van der Waals surface area contributed by atoms with E-state index >= 15 is 0 Å². The summed E-state index contributed by atoms with van der Waals surface area (Å²) in [6.45, 7) is 3.63. The number of rotatable bonds is 7. The van der Waals surface area contributed by atoms with Crippen LogP contribution in [0.2, 0.25) is 0 Å². The minimum Gasteiger partial charge on any atom is -0.469 e. The lowest BCUT2D eigenvalue weighted by atomic mass is 9.98. The van der Waals surface area contributed by atoms with E-state index in [1.807, 2.05) is 6.07 Å². The van der Waals surface area contributed by atoms with Crippen LogP contribution in [0.5, 0.6) is 0 Å². The molecular formula is C19H20BrNO5. The van der Waals surface area contributed by atoms with Crippen LogP contribution < -0.4 is 0 Å². The number of benzene rings is 1. The van der Waals surface area contributed by atoms with Crippen molar-refractivity contribution in [2.45, 2.75) is 26.7 Å². The molecule has 1 N–H and O–H groups in total.